The van der Waals surface area contributed by atoms with Gasteiger partial charge in [0.2, 0.25) is 5.91 Å². The third-order valence-electron chi connectivity index (χ3n) is 3.53. The Bertz CT molecular complexity index is 455. The standard InChI is InChI=1S/C14H19NO3S/c1-18-14(17)11-8-12(19-9-11)4-2-10-3-5-13(16)15-7-6-10/h8-10H,2-7H2,1H3,(H,15,16). The number of esters is 1. The molecule has 1 unspecified atom stereocenters. The molecule has 0 aliphatic carbocycles. The van der Waals surface area contributed by atoms with Crippen LogP contribution in [0.1, 0.15) is 40.9 Å². The number of hydrogen-bond acceptors (Lipinski definition) is 4. The van der Waals surface area contributed by atoms with E-state index in [1.54, 1.807) is 11.3 Å². The van der Waals surface area contributed by atoms with Gasteiger partial charge in [0.25, 0.3) is 0 Å². The zero-order chi connectivity index (χ0) is 13.7. The van der Waals surface area contributed by atoms with Gasteiger partial charge in [0.05, 0.1) is 12.7 Å². The fourth-order valence-electron chi connectivity index (χ4n) is 2.36. The maximum atomic E-state index is 11.4. The largest absolute Gasteiger partial charge is 0.465 e. The highest BCUT2D eigenvalue weighted by Gasteiger charge is 2.16. The number of thiophene rings is 1. The zero-order valence-corrected chi connectivity index (χ0v) is 11.9. The summed E-state index contributed by atoms with van der Waals surface area (Å²) in [5.41, 5.74) is 0.639. The van der Waals surface area contributed by atoms with Crippen molar-refractivity contribution in [1.82, 2.24) is 5.32 Å². The van der Waals surface area contributed by atoms with Crippen molar-refractivity contribution in [3.63, 3.8) is 0 Å². The van der Waals surface area contributed by atoms with E-state index in [1.807, 2.05) is 11.4 Å². The first-order chi connectivity index (χ1) is 9.19. The summed E-state index contributed by atoms with van der Waals surface area (Å²) in [7, 11) is 1.40. The summed E-state index contributed by atoms with van der Waals surface area (Å²) in [5, 5.41) is 4.75. The quantitative estimate of drug-likeness (QED) is 0.862. The van der Waals surface area contributed by atoms with Gasteiger partial charge in [-0.05, 0) is 37.7 Å². The molecular weight excluding hydrogens is 262 g/mol. The second kappa shape index (κ2) is 6.70. The highest BCUT2D eigenvalue weighted by molar-refractivity contribution is 7.10. The lowest BCUT2D eigenvalue weighted by Crippen LogP contribution is -2.21. The van der Waals surface area contributed by atoms with Crippen LogP contribution in [-0.4, -0.2) is 25.5 Å². The minimum absolute atomic E-state index is 0.173. The SMILES string of the molecule is COC(=O)c1csc(CCC2CCNC(=O)CC2)c1. The van der Waals surface area contributed by atoms with E-state index in [1.165, 1.54) is 12.0 Å². The van der Waals surface area contributed by atoms with Crippen LogP contribution in [0.4, 0.5) is 0 Å². The van der Waals surface area contributed by atoms with Gasteiger partial charge in [-0.25, -0.2) is 4.79 Å². The van der Waals surface area contributed by atoms with E-state index >= 15 is 0 Å². The summed E-state index contributed by atoms with van der Waals surface area (Å²) in [6, 6.07) is 1.91. The monoisotopic (exact) mass is 281 g/mol. The molecule has 0 radical (unpaired) electrons. The van der Waals surface area contributed by atoms with Crippen LogP contribution in [0, 0.1) is 5.92 Å². The van der Waals surface area contributed by atoms with Gasteiger partial charge in [-0.3, -0.25) is 4.79 Å². The van der Waals surface area contributed by atoms with Crippen molar-refractivity contribution in [3.05, 3.63) is 21.9 Å². The van der Waals surface area contributed by atoms with Gasteiger partial charge in [-0.2, -0.15) is 0 Å². The van der Waals surface area contributed by atoms with Crippen molar-refractivity contribution >= 4 is 23.2 Å². The van der Waals surface area contributed by atoms with Gasteiger partial charge in [0.1, 0.15) is 0 Å². The first-order valence-corrected chi connectivity index (χ1v) is 7.49. The third-order valence-corrected chi connectivity index (χ3v) is 4.52. The van der Waals surface area contributed by atoms with Crippen LogP contribution in [0.15, 0.2) is 11.4 Å². The van der Waals surface area contributed by atoms with Gasteiger partial charge < -0.3 is 10.1 Å². The molecule has 0 bridgehead atoms. The summed E-state index contributed by atoms with van der Waals surface area (Å²) in [4.78, 5) is 23.8. The summed E-state index contributed by atoms with van der Waals surface area (Å²) in [5.74, 6) is 0.501. The summed E-state index contributed by atoms with van der Waals surface area (Å²) >= 11 is 1.60. The van der Waals surface area contributed by atoms with E-state index in [-0.39, 0.29) is 11.9 Å². The van der Waals surface area contributed by atoms with Crippen molar-refractivity contribution in [2.45, 2.75) is 32.1 Å². The maximum Gasteiger partial charge on any atom is 0.338 e. The predicted octanol–water partition coefficient (Wildman–Crippen LogP) is 2.38. The van der Waals surface area contributed by atoms with Crippen molar-refractivity contribution in [1.29, 1.82) is 0 Å². The highest BCUT2D eigenvalue weighted by Crippen LogP contribution is 2.23. The van der Waals surface area contributed by atoms with E-state index in [9.17, 15) is 9.59 Å². The Kier molecular flexibility index (Phi) is 4.96. The number of methoxy groups -OCH3 is 1. The van der Waals surface area contributed by atoms with E-state index in [0.717, 1.165) is 32.2 Å². The fourth-order valence-corrected chi connectivity index (χ4v) is 3.23. The number of hydrogen-bond donors (Lipinski definition) is 1. The Morgan fingerprint density at radius 2 is 2.37 bits per heavy atom. The molecule has 19 heavy (non-hydrogen) atoms. The van der Waals surface area contributed by atoms with Crippen molar-refractivity contribution in [2.24, 2.45) is 5.92 Å². The molecule has 1 aromatic heterocycles. The van der Waals surface area contributed by atoms with Crippen LogP contribution in [0.5, 0.6) is 0 Å². The molecule has 0 spiro atoms. The molecule has 1 aromatic rings. The minimum atomic E-state index is -0.272. The van der Waals surface area contributed by atoms with Gasteiger partial charge in [-0.15, -0.1) is 11.3 Å². The van der Waals surface area contributed by atoms with Gasteiger partial charge in [-0.1, -0.05) is 0 Å². The number of aryl methyl sites for hydroxylation is 1. The van der Waals surface area contributed by atoms with Crippen molar-refractivity contribution in [3.8, 4) is 0 Å². The molecule has 1 N–H and O–H groups in total. The highest BCUT2D eigenvalue weighted by atomic mass is 32.1. The second-order valence-electron chi connectivity index (χ2n) is 4.88. The molecule has 5 heteroatoms. The van der Waals surface area contributed by atoms with Gasteiger partial charge in [0, 0.05) is 23.2 Å². The molecule has 1 fully saturated rings. The smallest absolute Gasteiger partial charge is 0.338 e. The molecule has 1 aliphatic rings. The number of amides is 1. The van der Waals surface area contributed by atoms with Gasteiger partial charge in [0.15, 0.2) is 0 Å². The van der Waals surface area contributed by atoms with Crippen LogP contribution in [-0.2, 0) is 16.0 Å². The lowest BCUT2D eigenvalue weighted by molar-refractivity contribution is -0.120. The van der Waals surface area contributed by atoms with E-state index in [2.05, 4.69) is 5.32 Å². The van der Waals surface area contributed by atoms with Crippen LogP contribution in [0.25, 0.3) is 0 Å². The number of rotatable bonds is 4. The second-order valence-corrected chi connectivity index (χ2v) is 5.87. The number of carbonyl (C=O) groups excluding carboxylic acids is 2. The normalized spacial score (nSPS) is 19.6. The zero-order valence-electron chi connectivity index (χ0n) is 11.1. The number of carbonyl (C=O) groups is 2. The Labute approximate surface area is 117 Å². The average molecular weight is 281 g/mol. The van der Waals surface area contributed by atoms with E-state index in [0.29, 0.717) is 17.9 Å². The molecule has 0 aromatic carbocycles. The molecule has 1 atom stereocenters. The number of nitrogens with one attached hydrogen (secondary N) is 1. The topological polar surface area (TPSA) is 55.4 Å². The summed E-state index contributed by atoms with van der Waals surface area (Å²) in [6.45, 7) is 0.793. The number of ether oxygens (including phenoxy) is 1. The van der Waals surface area contributed by atoms with Crippen LogP contribution in [0.3, 0.4) is 0 Å². The van der Waals surface area contributed by atoms with Crippen LogP contribution in [0.2, 0.25) is 0 Å². The molecule has 2 rings (SSSR count). The molecule has 1 aliphatic heterocycles. The van der Waals surface area contributed by atoms with E-state index < -0.39 is 0 Å². The third kappa shape index (κ3) is 4.06. The lowest BCUT2D eigenvalue weighted by Gasteiger charge is -2.11. The Morgan fingerprint density at radius 3 is 3.16 bits per heavy atom. The average Bonchev–Trinajstić information content (AvgIpc) is 2.79. The van der Waals surface area contributed by atoms with Crippen molar-refractivity contribution in [2.75, 3.05) is 13.7 Å². The molecular formula is C14H19NO3S. The first-order valence-electron chi connectivity index (χ1n) is 6.61. The minimum Gasteiger partial charge on any atom is -0.465 e. The van der Waals surface area contributed by atoms with Crippen LogP contribution < -0.4 is 5.32 Å². The molecule has 2 heterocycles. The molecule has 4 nitrogen and oxygen atoms in total. The maximum absolute atomic E-state index is 11.4. The Hall–Kier alpha value is -1.36. The first kappa shape index (κ1) is 14.1. The summed E-state index contributed by atoms with van der Waals surface area (Å²) in [6.07, 6.45) is 4.72. The Morgan fingerprint density at radius 1 is 1.53 bits per heavy atom. The van der Waals surface area contributed by atoms with Crippen LogP contribution >= 0.6 is 11.3 Å². The predicted molar refractivity (Wildman–Crippen MR) is 74.3 cm³/mol. The molecule has 1 amide bonds. The van der Waals surface area contributed by atoms with E-state index in [4.69, 9.17) is 4.74 Å². The molecule has 1 saturated heterocycles. The summed E-state index contributed by atoms with van der Waals surface area (Å²) < 4.78 is 4.69. The Balaban J connectivity index is 1.83. The lowest BCUT2D eigenvalue weighted by atomic mass is 9.95. The molecule has 104 valence electrons. The fraction of sp³-hybridized carbons (Fsp3) is 0.571. The van der Waals surface area contributed by atoms with Crippen molar-refractivity contribution < 1.29 is 14.3 Å². The molecule has 0 saturated carbocycles. The van der Waals surface area contributed by atoms with Gasteiger partial charge >= 0.3 is 5.97 Å².